The highest BCUT2D eigenvalue weighted by Crippen LogP contribution is 2.39. The standard InChI is InChI=1S/C41H52N10O2/c1-41(2,3)36-25-38(51(46-36)29-11-8-10-28(24-29)26-49-22-20-47(4)21-23-49)43-40(52)42-33-16-17-35(32-13-7-6-12-31(32)33)53-30-15-18-37-44-45-39(50(37)27-30)34-14-9-19-48(34)5/h6-8,10-13,15,18,24-25,27,33-35H,9,14,16-17,19-23,26H2,1-5H3,(H2,42,43,52)/t33-,34?,35+/m0/s1. The molecule has 53 heavy (non-hydrogen) atoms. The molecule has 2 aliphatic heterocycles. The summed E-state index contributed by atoms with van der Waals surface area (Å²) in [7, 11) is 4.33. The number of carbonyl (C=O) groups excluding carboxylic acids is 1. The van der Waals surface area contributed by atoms with E-state index in [0.717, 1.165) is 105 Å². The van der Waals surface area contributed by atoms with Crippen LogP contribution in [0, 0.1) is 0 Å². The molecule has 5 aromatic rings. The zero-order chi connectivity index (χ0) is 36.7. The van der Waals surface area contributed by atoms with E-state index in [4.69, 9.17) is 9.84 Å². The van der Waals surface area contributed by atoms with E-state index in [2.05, 4.69) is 111 Å². The molecule has 12 heteroatoms. The normalized spacial score (nSPS) is 21.5. The zero-order valence-electron chi connectivity index (χ0n) is 31.6. The number of hydrogen-bond donors (Lipinski definition) is 2. The van der Waals surface area contributed by atoms with E-state index >= 15 is 0 Å². The second kappa shape index (κ2) is 14.6. The first-order chi connectivity index (χ1) is 25.6. The third-order valence-corrected chi connectivity index (χ3v) is 11.1. The molecular formula is C41H52N10O2. The number of hydrogen-bond acceptors (Lipinski definition) is 8. The minimum atomic E-state index is -0.262. The van der Waals surface area contributed by atoms with Crippen molar-refractivity contribution in [3.05, 3.63) is 101 Å². The van der Waals surface area contributed by atoms with Gasteiger partial charge in [0.1, 0.15) is 17.7 Å². The largest absolute Gasteiger partial charge is 0.484 e. The number of aromatic nitrogens is 5. The molecule has 278 valence electrons. The van der Waals surface area contributed by atoms with Crippen molar-refractivity contribution in [2.75, 3.05) is 52.1 Å². The first-order valence-corrected chi connectivity index (χ1v) is 19.1. The van der Waals surface area contributed by atoms with E-state index in [-0.39, 0.29) is 29.6 Å². The fourth-order valence-corrected chi connectivity index (χ4v) is 8.00. The molecule has 2 aromatic carbocycles. The topological polar surface area (TPSA) is 108 Å². The fourth-order valence-electron chi connectivity index (χ4n) is 8.00. The Kier molecular flexibility index (Phi) is 9.69. The van der Waals surface area contributed by atoms with E-state index in [1.807, 2.05) is 41.2 Å². The summed E-state index contributed by atoms with van der Waals surface area (Å²) in [4.78, 5) is 21.0. The molecule has 1 unspecified atom stereocenters. The Labute approximate surface area is 312 Å². The number of nitrogens with one attached hydrogen (secondary N) is 2. The quantitative estimate of drug-likeness (QED) is 0.187. The van der Waals surface area contributed by atoms with Crippen molar-refractivity contribution in [2.45, 2.75) is 76.6 Å². The Bertz CT molecular complexity index is 2070. The molecule has 2 saturated heterocycles. The molecule has 0 bridgehead atoms. The first kappa shape index (κ1) is 35.3. The third kappa shape index (κ3) is 7.53. The Morgan fingerprint density at radius 3 is 2.47 bits per heavy atom. The number of benzene rings is 2. The average molecular weight is 717 g/mol. The van der Waals surface area contributed by atoms with E-state index in [1.54, 1.807) is 0 Å². The number of piperazine rings is 1. The smallest absolute Gasteiger partial charge is 0.320 e. The summed E-state index contributed by atoms with van der Waals surface area (Å²) < 4.78 is 10.6. The van der Waals surface area contributed by atoms with Gasteiger partial charge in [0.2, 0.25) is 0 Å². The number of carbonyl (C=O) groups is 1. The molecule has 12 nitrogen and oxygen atoms in total. The molecule has 2 amide bonds. The Morgan fingerprint density at radius 1 is 0.887 bits per heavy atom. The van der Waals surface area contributed by atoms with Gasteiger partial charge in [-0.25, -0.2) is 9.48 Å². The molecule has 8 rings (SSSR count). The van der Waals surface area contributed by atoms with Crippen LogP contribution in [0.25, 0.3) is 11.3 Å². The molecular weight excluding hydrogens is 665 g/mol. The lowest BCUT2D eigenvalue weighted by molar-refractivity contribution is 0.148. The van der Waals surface area contributed by atoms with Gasteiger partial charge in [-0.15, -0.1) is 10.2 Å². The van der Waals surface area contributed by atoms with Gasteiger partial charge in [-0.3, -0.25) is 19.5 Å². The second-order valence-electron chi connectivity index (χ2n) is 16.1. The molecule has 5 heterocycles. The molecule has 3 aromatic heterocycles. The number of urea groups is 1. The van der Waals surface area contributed by atoms with Crippen molar-refractivity contribution < 1.29 is 9.53 Å². The summed E-state index contributed by atoms with van der Waals surface area (Å²) >= 11 is 0. The summed E-state index contributed by atoms with van der Waals surface area (Å²) in [6, 6.07) is 22.6. The summed E-state index contributed by atoms with van der Waals surface area (Å²) in [6.45, 7) is 12.6. The van der Waals surface area contributed by atoms with Crippen LogP contribution in [0.4, 0.5) is 10.6 Å². The third-order valence-electron chi connectivity index (χ3n) is 11.1. The summed E-state index contributed by atoms with van der Waals surface area (Å²) in [5, 5.41) is 20.4. The van der Waals surface area contributed by atoms with Crippen LogP contribution in [-0.2, 0) is 12.0 Å². The van der Waals surface area contributed by atoms with E-state index in [9.17, 15) is 4.79 Å². The minimum Gasteiger partial charge on any atom is -0.484 e. The molecule has 2 fully saturated rings. The van der Waals surface area contributed by atoms with Gasteiger partial charge in [-0.2, -0.15) is 5.10 Å². The van der Waals surface area contributed by atoms with Gasteiger partial charge < -0.3 is 15.0 Å². The van der Waals surface area contributed by atoms with Crippen molar-refractivity contribution in [1.82, 2.24) is 44.4 Å². The Balaban J connectivity index is 0.983. The highest BCUT2D eigenvalue weighted by atomic mass is 16.5. The van der Waals surface area contributed by atoms with Crippen LogP contribution in [0.3, 0.4) is 0 Å². The number of pyridine rings is 1. The van der Waals surface area contributed by atoms with Gasteiger partial charge in [-0.1, -0.05) is 57.2 Å². The number of fused-ring (bicyclic) bond motifs is 2. The maximum atomic E-state index is 13.8. The number of anilines is 1. The number of ether oxygens (including phenoxy) is 1. The van der Waals surface area contributed by atoms with Gasteiger partial charge in [0.05, 0.1) is 29.7 Å². The average Bonchev–Trinajstić information content (AvgIpc) is 3.88. The number of likely N-dealkylation sites (N-methyl/N-ethyl adjacent to an activating group) is 1. The van der Waals surface area contributed by atoms with Crippen LogP contribution < -0.4 is 15.4 Å². The lowest BCUT2D eigenvalue weighted by atomic mass is 9.85. The van der Waals surface area contributed by atoms with Crippen LogP contribution in [0.15, 0.2) is 72.9 Å². The number of rotatable bonds is 8. The van der Waals surface area contributed by atoms with Crippen molar-refractivity contribution >= 4 is 17.5 Å². The van der Waals surface area contributed by atoms with Crippen LogP contribution in [0.1, 0.15) is 92.9 Å². The molecule has 3 atom stereocenters. The molecule has 0 radical (unpaired) electrons. The zero-order valence-corrected chi connectivity index (χ0v) is 31.6. The van der Waals surface area contributed by atoms with Crippen LogP contribution in [-0.4, -0.2) is 91.9 Å². The van der Waals surface area contributed by atoms with Crippen LogP contribution >= 0.6 is 0 Å². The van der Waals surface area contributed by atoms with Gasteiger partial charge in [0.25, 0.3) is 0 Å². The van der Waals surface area contributed by atoms with Gasteiger partial charge in [0, 0.05) is 44.2 Å². The predicted octanol–water partition coefficient (Wildman–Crippen LogP) is 6.50. The molecule has 1 aliphatic carbocycles. The van der Waals surface area contributed by atoms with Crippen molar-refractivity contribution in [1.29, 1.82) is 0 Å². The van der Waals surface area contributed by atoms with E-state index in [0.29, 0.717) is 5.82 Å². The lowest BCUT2D eigenvalue weighted by Crippen LogP contribution is -2.43. The fraction of sp³-hybridized carbons (Fsp3) is 0.463. The van der Waals surface area contributed by atoms with Crippen LogP contribution in [0.5, 0.6) is 5.75 Å². The highest BCUT2D eigenvalue weighted by molar-refractivity contribution is 5.89. The number of nitrogens with zero attached hydrogens (tertiary/aromatic N) is 8. The van der Waals surface area contributed by atoms with E-state index in [1.165, 1.54) is 5.56 Å². The van der Waals surface area contributed by atoms with E-state index < -0.39 is 0 Å². The van der Waals surface area contributed by atoms with Crippen molar-refractivity contribution in [3.8, 4) is 11.4 Å². The summed E-state index contributed by atoms with van der Waals surface area (Å²) in [6.07, 6.45) is 5.60. The maximum Gasteiger partial charge on any atom is 0.320 e. The maximum absolute atomic E-state index is 13.8. The highest BCUT2D eigenvalue weighted by Gasteiger charge is 2.31. The van der Waals surface area contributed by atoms with Crippen molar-refractivity contribution in [3.63, 3.8) is 0 Å². The van der Waals surface area contributed by atoms with Gasteiger partial charge in [-0.05, 0) is 87.3 Å². The number of amides is 2. The second-order valence-corrected chi connectivity index (χ2v) is 16.1. The first-order valence-electron chi connectivity index (χ1n) is 19.1. The van der Waals surface area contributed by atoms with Gasteiger partial charge in [0.15, 0.2) is 11.5 Å². The molecule has 3 aliphatic rings. The minimum absolute atomic E-state index is 0.146. The number of likely N-dealkylation sites (tertiary alicyclic amines) is 1. The predicted molar refractivity (Wildman–Crippen MR) is 207 cm³/mol. The lowest BCUT2D eigenvalue weighted by Gasteiger charge is -2.32. The Morgan fingerprint density at radius 2 is 1.70 bits per heavy atom. The summed E-state index contributed by atoms with van der Waals surface area (Å²) in [5.41, 5.74) is 5.85. The van der Waals surface area contributed by atoms with Gasteiger partial charge >= 0.3 is 6.03 Å². The Hall–Kier alpha value is -4.78. The summed E-state index contributed by atoms with van der Waals surface area (Å²) in [5.74, 6) is 2.37. The molecule has 2 N–H and O–H groups in total. The SMILES string of the molecule is CN1CCN(Cc2cccc(-n3nc(C(C)(C)C)cc3NC(=O)N[C@H]3CC[C@@H](Oc4ccc5nnc(C6CCCN6C)n5c4)c4ccccc43)c2)CC1. The monoisotopic (exact) mass is 716 g/mol. The van der Waals surface area contributed by atoms with Crippen molar-refractivity contribution in [2.24, 2.45) is 0 Å². The van der Waals surface area contributed by atoms with Crippen LogP contribution in [0.2, 0.25) is 0 Å². The molecule has 0 saturated carbocycles. The molecule has 0 spiro atoms.